The van der Waals surface area contributed by atoms with E-state index in [9.17, 15) is 4.21 Å². The fraction of sp³-hybridized carbons (Fsp3) is 0.538. The van der Waals surface area contributed by atoms with E-state index in [1.54, 1.807) is 6.07 Å². The van der Waals surface area contributed by atoms with Gasteiger partial charge in [-0.15, -0.1) is 0 Å². The molecule has 0 aliphatic heterocycles. The first-order valence-electron chi connectivity index (χ1n) is 5.66. The van der Waals surface area contributed by atoms with Crippen LogP contribution in [0.3, 0.4) is 0 Å². The summed E-state index contributed by atoms with van der Waals surface area (Å²) in [7, 11) is 0.837. The number of halogens is 1. The minimum atomic E-state index is -1.07. The molecule has 1 aromatic carbocycles. The summed E-state index contributed by atoms with van der Waals surface area (Å²) in [5, 5.41) is 3.80. The summed E-state index contributed by atoms with van der Waals surface area (Å²) >= 11 is 6.05. The van der Waals surface area contributed by atoms with Crippen molar-refractivity contribution in [1.29, 1.82) is 0 Å². The molecular formula is C13H20ClNOS. The maximum Gasteiger partial charge on any atom is 0.0574 e. The number of hydrogen-bond acceptors (Lipinski definition) is 2. The first kappa shape index (κ1) is 14.7. The predicted molar refractivity (Wildman–Crippen MR) is 75.0 cm³/mol. The Morgan fingerprint density at radius 3 is 2.41 bits per heavy atom. The van der Waals surface area contributed by atoms with E-state index in [-0.39, 0.29) is 11.5 Å². The van der Waals surface area contributed by atoms with Crippen molar-refractivity contribution in [2.45, 2.75) is 31.7 Å². The quantitative estimate of drug-likeness (QED) is 0.913. The van der Waals surface area contributed by atoms with Gasteiger partial charge in [0.25, 0.3) is 0 Å². The Morgan fingerprint density at radius 2 is 1.94 bits per heavy atom. The summed E-state index contributed by atoms with van der Waals surface area (Å²) in [5.74, 6) is 0.573. The van der Waals surface area contributed by atoms with Gasteiger partial charge in [0.15, 0.2) is 0 Å². The molecule has 1 aromatic rings. The molecule has 0 spiro atoms. The topological polar surface area (TPSA) is 29.1 Å². The fourth-order valence-electron chi connectivity index (χ4n) is 1.64. The molecule has 0 bridgehead atoms. The van der Waals surface area contributed by atoms with Gasteiger partial charge in [0, 0.05) is 11.8 Å². The van der Waals surface area contributed by atoms with Crippen molar-refractivity contribution in [3.05, 3.63) is 29.3 Å². The van der Waals surface area contributed by atoms with Gasteiger partial charge in [0.2, 0.25) is 0 Å². The normalized spacial score (nSPS) is 15.6. The summed E-state index contributed by atoms with van der Waals surface area (Å²) in [6.07, 6.45) is 0. The first-order chi connectivity index (χ1) is 7.86. The van der Waals surface area contributed by atoms with Crippen molar-refractivity contribution in [3.8, 4) is 0 Å². The van der Waals surface area contributed by atoms with Crippen LogP contribution in [-0.2, 0) is 10.8 Å². The molecule has 0 heterocycles. The highest BCUT2D eigenvalue weighted by Crippen LogP contribution is 2.24. The monoisotopic (exact) mass is 273 g/mol. The van der Waals surface area contributed by atoms with Crippen molar-refractivity contribution in [2.75, 3.05) is 12.8 Å². The highest BCUT2D eigenvalue weighted by molar-refractivity contribution is 7.85. The van der Waals surface area contributed by atoms with Crippen molar-refractivity contribution in [3.63, 3.8) is 0 Å². The van der Waals surface area contributed by atoms with Gasteiger partial charge >= 0.3 is 0 Å². The van der Waals surface area contributed by atoms with Crippen LogP contribution in [0.1, 0.15) is 20.8 Å². The van der Waals surface area contributed by atoms with Crippen LogP contribution in [0.2, 0.25) is 5.02 Å². The number of nitrogens with one attached hydrogen (secondary N) is 1. The predicted octanol–water partition coefficient (Wildman–Crippen LogP) is 3.08. The highest BCUT2D eigenvalue weighted by Gasteiger charge is 2.25. The van der Waals surface area contributed by atoms with Gasteiger partial charge in [0.1, 0.15) is 0 Å². The smallest absolute Gasteiger partial charge is 0.0574 e. The van der Waals surface area contributed by atoms with Gasteiger partial charge in [0.05, 0.1) is 20.7 Å². The van der Waals surface area contributed by atoms with E-state index >= 15 is 0 Å². The fourth-order valence-corrected chi connectivity index (χ4v) is 3.70. The molecule has 1 N–H and O–H groups in total. The van der Waals surface area contributed by atoms with Gasteiger partial charge in [-0.05, 0) is 24.6 Å². The Bertz CT molecular complexity index is 401. The minimum Gasteiger partial charge on any atom is -0.316 e. The molecule has 2 atom stereocenters. The standard InChI is InChI=1S/C13H20ClNOS/c1-13(2,3)12(15-4)9-17(16)11-8-6-5-7-10(11)14/h5-8,12,15H,9H2,1-4H3. The molecule has 2 unspecified atom stereocenters. The third kappa shape index (κ3) is 4.09. The number of hydrogen-bond donors (Lipinski definition) is 1. The van der Waals surface area contributed by atoms with Gasteiger partial charge in [-0.3, -0.25) is 4.21 Å². The third-order valence-electron chi connectivity index (χ3n) is 2.79. The molecule has 0 saturated carbocycles. The van der Waals surface area contributed by atoms with Crippen LogP contribution in [0.25, 0.3) is 0 Å². The summed E-state index contributed by atoms with van der Waals surface area (Å²) in [4.78, 5) is 0.721. The molecule has 4 heteroatoms. The maximum absolute atomic E-state index is 12.3. The Hall–Kier alpha value is -0.380. The Morgan fingerprint density at radius 1 is 1.35 bits per heavy atom. The van der Waals surface area contributed by atoms with Crippen LogP contribution in [0.5, 0.6) is 0 Å². The molecule has 0 saturated heterocycles. The summed E-state index contributed by atoms with van der Waals surface area (Å²) in [5.41, 5.74) is 0.0751. The molecule has 2 nitrogen and oxygen atoms in total. The molecule has 96 valence electrons. The third-order valence-corrected chi connectivity index (χ3v) is 4.72. The van der Waals surface area contributed by atoms with E-state index in [4.69, 9.17) is 11.6 Å². The number of benzene rings is 1. The minimum absolute atomic E-state index is 0.0751. The average molecular weight is 274 g/mol. The van der Waals surface area contributed by atoms with E-state index in [0.717, 1.165) is 4.90 Å². The Balaban J connectivity index is 2.83. The van der Waals surface area contributed by atoms with Crippen LogP contribution in [-0.4, -0.2) is 23.1 Å². The van der Waals surface area contributed by atoms with Crippen LogP contribution < -0.4 is 5.32 Å². The van der Waals surface area contributed by atoms with Gasteiger partial charge in [-0.2, -0.15) is 0 Å². The van der Waals surface area contributed by atoms with Crippen molar-refractivity contribution < 1.29 is 4.21 Å². The molecule has 0 radical (unpaired) electrons. The van der Waals surface area contributed by atoms with E-state index in [2.05, 4.69) is 26.1 Å². The lowest BCUT2D eigenvalue weighted by molar-refractivity contribution is 0.304. The lowest BCUT2D eigenvalue weighted by atomic mass is 9.88. The molecule has 0 aromatic heterocycles. The average Bonchev–Trinajstić information content (AvgIpc) is 2.24. The van der Waals surface area contributed by atoms with E-state index in [1.165, 1.54) is 0 Å². The van der Waals surface area contributed by atoms with Crippen molar-refractivity contribution in [2.24, 2.45) is 5.41 Å². The van der Waals surface area contributed by atoms with Crippen LogP contribution in [0, 0.1) is 5.41 Å². The van der Waals surface area contributed by atoms with E-state index < -0.39 is 10.8 Å². The molecule has 0 aliphatic carbocycles. The molecule has 1 rings (SSSR count). The Kier molecular flexibility index (Phi) is 5.17. The van der Waals surface area contributed by atoms with Crippen molar-refractivity contribution in [1.82, 2.24) is 5.32 Å². The second kappa shape index (κ2) is 5.98. The van der Waals surface area contributed by atoms with Gasteiger partial charge in [-0.25, -0.2) is 0 Å². The van der Waals surface area contributed by atoms with Gasteiger partial charge in [-0.1, -0.05) is 44.5 Å². The van der Waals surface area contributed by atoms with E-state index in [1.807, 2.05) is 25.2 Å². The summed E-state index contributed by atoms with van der Waals surface area (Å²) < 4.78 is 12.3. The number of rotatable bonds is 4. The zero-order valence-electron chi connectivity index (χ0n) is 10.8. The highest BCUT2D eigenvalue weighted by atomic mass is 35.5. The summed E-state index contributed by atoms with van der Waals surface area (Å²) in [6, 6.07) is 7.51. The van der Waals surface area contributed by atoms with Crippen LogP contribution in [0.4, 0.5) is 0 Å². The molecule has 0 aliphatic rings. The van der Waals surface area contributed by atoms with Crippen LogP contribution >= 0.6 is 11.6 Å². The SMILES string of the molecule is CNC(CS(=O)c1ccccc1Cl)C(C)(C)C. The lowest BCUT2D eigenvalue weighted by Gasteiger charge is -2.30. The van der Waals surface area contributed by atoms with E-state index in [0.29, 0.717) is 10.8 Å². The second-order valence-corrected chi connectivity index (χ2v) is 7.02. The maximum atomic E-state index is 12.3. The van der Waals surface area contributed by atoms with Gasteiger partial charge < -0.3 is 5.32 Å². The summed E-state index contributed by atoms with van der Waals surface area (Å²) in [6.45, 7) is 6.41. The zero-order chi connectivity index (χ0) is 13.1. The first-order valence-corrected chi connectivity index (χ1v) is 7.36. The molecule has 0 amide bonds. The molecule has 0 fully saturated rings. The zero-order valence-corrected chi connectivity index (χ0v) is 12.4. The van der Waals surface area contributed by atoms with Crippen molar-refractivity contribution >= 4 is 22.4 Å². The second-order valence-electron chi connectivity index (χ2n) is 5.15. The van der Waals surface area contributed by atoms with Crippen LogP contribution in [0.15, 0.2) is 29.2 Å². The lowest BCUT2D eigenvalue weighted by Crippen LogP contribution is -2.42. The molecule has 17 heavy (non-hydrogen) atoms. The molecular weight excluding hydrogens is 254 g/mol. The Labute approximate surface area is 111 Å². The largest absolute Gasteiger partial charge is 0.316 e.